The normalized spacial score (nSPS) is 32.5. The topological polar surface area (TPSA) is 79.7 Å². The Morgan fingerprint density at radius 1 is 1.29 bits per heavy atom. The predicted octanol–water partition coefficient (Wildman–Crippen LogP) is 4.50. The average Bonchev–Trinajstić information content (AvgIpc) is 3.19. The van der Waals surface area contributed by atoms with Crippen LogP contribution in [0.3, 0.4) is 0 Å². The van der Waals surface area contributed by atoms with Gasteiger partial charge in [-0.15, -0.1) is 11.3 Å². The Balaban J connectivity index is 1.50. The number of amides is 1. The van der Waals surface area contributed by atoms with E-state index in [1.54, 1.807) is 11.3 Å². The first kappa shape index (κ1) is 26.0. The summed E-state index contributed by atoms with van der Waals surface area (Å²) in [6.07, 6.45) is 2.24. The molecule has 4 rings (SSSR count). The number of nitrogens with zero attached hydrogens (tertiary/aromatic N) is 2. The molecule has 2 fully saturated rings. The van der Waals surface area contributed by atoms with Crippen molar-refractivity contribution in [3.8, 4) is 0 Å². The van der Waals surface area contributed by atoms with Crippen LogP contribution in [0.5, 0.6) is 0 Å². The number of hydrogen-bond acceptors (Lipinski definition) is 7. The summed E-state index contributed by atoms with van der Waals surface area (Å²) in [7, 11) is 0. The maximum absolute atomic E-state index is 13.2. The summed E-state index contributed by atoms with van der Waals surface area (Å²) in [6, 6.07) is 0. The number of carbonyl (C=O) groups excluding carboxylic acids is 2. The van der Waals surface area contributed by atoms with Crippen molar-refractivity contribution in [3.63, 3.8) is 0 Å². The third kappa shape index (κ3) is 4.92. The van der Waals surface area contributed by atoms with E-state index in [0.717, 1.165) is 54.6 Å². The molecule has 1 N–H and O–H groups in total. The molecule has 0 radical (unpaired) electrons. The highest BCUT2D eigenvalue weighted by Crippen LogP contribution is 2.57. The molecule has 8 heteroatoms. The molecular formula is C26H40N2O4S2. The molecule has 6 nitrogen and oxygen atoms in total. The number of thiazole rings is 1. The van der Waals surface area contributed by atoms with Crippen molar-refractivity contribution in [3.05, 3.63) is 15.6 Å². The maximum atomic E-state index is 13.2. The van der Waals surface area contributed by atoms with Crippen molar-refractivity contribution in [2.45, 2.75) is 79.4 Å². The molecule has 1 saturated carbocycles. The van der Waals surface area contributed by atoms with Crippen LogP contribution in [0.2, 0.25) is 0 Å². The van der Waals surface area contributed by atoms with E-state index in [9.17, 15) is 14.7 Å². The number of aromatic nitrogens is 1. The van der Waals surface area contributed by atoms with Gasteiger partial charge in [-0.05, 0) is 57.3 Å². The third-order valence-corrected chi connectivity index (χ3v) is 10.2. The number of aliphatic hydroxyl groups excluding tert-OH is 1. The van der Waals surface area contributed by atoms with Crippen LogP contribution in [0.25, 0.3) is 0 Å². The van der Waals surface area contributed by atoms with Crippen molar-refractivity contribution in [2.75, 3.05) is 24.6 Å². The lowest BCUT2D eigenvalue weighted by Crippen LogP contribution is -2.54. The van der Waals surface area contributed by atoms with Gasteiger partial charge in [0.1, 0.15) is 11.6 Å². The van der Waals surface area contributed by atoms with E-state index >= 15 is 0 Å². The molecule has 1 amide bonds. The Hall–Kier alpha value is -1.12. The molecule has 6 atom stereocenters. The lowest BCUT2D eigenvalue weighted by atomic mass is 9.53. The van der Waals surface area contributed by atoms with Crippen LogP contribution in [0.1, 0.15) is 75.9 Å². The van der Waals surface area contributed by atoms with Gasteiger partial charge in [-0.2, -0.15) is 11.8 Å². The predicted molar refractivity (Wildman–Crippen MR) is 137 cm³/mol. The van der Waals surface area contributed by atoms with Crippen molar-refractivity contribution in [1.29, 1.82) is 0 Å². The quantitative estimate of drug-likeness (QED) is 0.604. The van der Waals surface area contributed by atoms with E-state index < -0.39 is 11.5 Å². The van der Waals surface area contributed by atoms with Gasteiger partial charge in [0.05, 0.1) is 17.2 Å². The summed E-state index contributed by atoms with van der Waals surface area (Å²) in [4.78, 5) is 33.5. The fourth-order valence-electron chi connectivity index (χ4n) is 6.26. The van der Waals surface area contributed by atoms with Crippen molar-refractivity contribution in [1.82, 2.24) is 9.88 Å². The van der Waals surface area contributed by atoms with Gasteiger partial charge in [-0.1, -0.05) is 20.8 Å². The van der Waals surface area contributed by atoms with Gasteiger partial charge in [0, 0.05) is 41.3 Å². The number of rotatable bonds is 4. The smallest absolute Gasteiger partial charge is 0.311 e. The second kappa shape index (κ2) is 9.74. The monoisotopic (exact) mass is 508 g/mol. The average molecular weight is 509 g/mol. The Morgan fingerprint density at radius 3 is 2.62 bits per heavy atom. The standard InChI is InChI=1S/C26H40N2O4S2/c1-15(23(30)28-9-11-33-12-10-28)17-7-8-26(6)13-18-21(16(2)20(26)22(17)29)27-19(34-18)14-32-24(31)25(3,4)5/h15-17,20,22,29H,7-14H2,1-6H3/t15-,16-,17-,20+,22-,26-/m0/s1. The Labute approximate surface area is 212 Å². The first-order valence-corrected chi connectivity index (χ1v) is 14.6. The van der Waals surface area contributed by atoms with E-state index in [1.807, 2.05) is 44.4 Å². The van der Waals surface area contributed by atoms with Gasteiger partial charge in [-0.3, -0.25) is 9.59 Å². The largest absolute Gasteiger partial charge is 0.458 e. The molecule has 0 bridgehead atoms. The minimum atomic E-state index is -0.535. The molecular weight excluding hydrogens is 468 g/mol. The van der Waals surface area contributed by atoms with Gasteiger partial charge in [0.2, 0.25) is 5.91 Å². The molecule has 0 aromatic carbocycles. The van der Waals surface area contributed by atoms with E-state index in [-0.39, 0.29) is 47.6 Å². The Morgan fingerprint density at radius 2 is 1.97 bits per heavy atom. The second-order valence-electron chi connectivity index (χ2n) is 11.8. The summed E-state index contributed by atoms with van der Waals surface area (Å²) in [6.45, 7) is 13.9. The van der Waals surface area contributed by atoms with Crippen molar-refractivity contribution in [2.24, 2.45) is 28.6 Å². The van der Waals surface area contributed by atoms with Crippen LogP contribution in [0.15, 0.2) is 0 Å². The van der Waals surface area contributed by atoms with Crippen LogP contribution in [-0.2, 0) is 27.4 Å². The van der Waals surface area contributed by atoms with Gasteiger partial charge in [0.15, 0.2) is 0 Å². The zero-order valence-electron chi connectivity index (χ0n) is 21.4. The minimum Gasteiger partial charge on any atom is -0.458 e. The second-order valence-corrected chi connectivity index (χ2v) is 14.2. The van der Waals surface area contributed by atoms with Gasteiger partial charge < -0.3 is 14.7 Å². The molecule has 1 saturated heterocycles. The molecule has 0 spiro atoms. The third-order valence-electron chi connectivity index (χ3n) is 8.26. The van der Waals surface area contributed by atoms with Gasteiger partial charge >= 0.3 is 5.97 Å². The van der Waals surface area contributed by atoms with Gasteiger partial charge in [0.25, 0.3) is 0 Å². The van der Waals surface area contributed by atoms with E-state index in [0.29, 0.717) is 0 Å². The van der Waals surface area contributed by atoms with Gasteiger partial charge in [-0.25, -0.2) is 4.98 Å². The number of carbonyl (C=O) groups is 2. The molecule has 3 aliphatic rings. The van der Waals surface area contributed by atoms with Crippen LogP contribution in [-0.4, -0.2) is 57.6 Å². The fourth-order valence-corrected chi connectivity index (χ4v) is 8.44. The highest BCUT2D eigenvalue weighted by molar-refractivity contribution is 7.99. The van der Waals surface area contributed by atoms with Crippen LogP contribution >= 0.6 is 23.1 Å². The molecule has 1 aliphatic heterocycles. The Bertz CT molecular complexity index is 920. The lowest BCUT2D eigenvalue weighted by molar-refractivity contribution is -0.154. The zero-order chi connectivity index (χ0) is 24.8. The minimum absolute atomic E-state index is 0.0151. The van der Waals surface area contributed by atoms with E-state index in [1.165, 1.54) is 4.88 Å². The number of hydrogen-bond donors (Lipinski definition) is 1. The Kier molecular flexibility index (Phi) is 7.43. The molecule has 34 heavy (non-hydrogen) atoms. The first-order chi connectivity index (χ1) is 15.9. The summed E-state index contributed by atoms with van der Waals surface area (Å²) in [5.74, 6) is 1.97. The molecule has 2 heterocycles. The SMILES string of the molecule is C[C@H](C(=O)N1CCSCC1)[C@@H]1CC[C@@]2(C)Cc3sc(COC(=O)C(C)(C)C)nc3[C@@H](C)[C@@H]2[C@H]1O. The maximum Gasteiger partial charge on any atom is 0.311 e. The molecule has 1 aromatic rings. The van der Waals surface area contributed by atoms with Crippen molar-refractivity contribution < 1.29 is 19.4 Å². The van der Waals surface area contributed by atoms with E-state index in [4.69, 9.17) is 9.72 Å². The number of esters is 1. The van der Waals surface area contributed by atoms with E-state index in [2.05, 4.69) is 13.8 Å². The van der Waals surface area contributed by atoms with Crippen LogP contribution in [0.4, 0.5) is 0 Å². The fraction of sp³-hybridized carbons (Fsp3) is 0.808. The summed E-state index contributed by atoms with van der Waals surface area (Å²) in [5.41, 5.74) is 0.493. The molecule has 1 aromatic heterocycles. The number of ether oxygens (including phenoxy) is 1. The number of thioether (sulfide) groups is 1. The summed E-state index contributed by atoms with van der Waals surface area (Å²) < 4.78 is 5.52. The van der Waals surface area contributed by atoms with Crippen LogP contribution < -0.4 is 0 Å². The van der Waals surface area contributed by atoms with Crippen LogP contribution in [0, 0.1) is 28.6 Å². The molecule has 190 valence electrons. The van der Waals surface area contributed by atoms with Crippen molar-refractivity contribution >= 4 is 35.0 Å². The zero-order valence-corrected chi connectivity index (χ0v) is 23.1. The number of aliphatic hydroxyl groups is 1. The lowest BCUT2D eigenvalue weighted by Gasteiger charge is -2.53. The molecule has 2 aliphatic carbocycles. The summed E-state index contributed by atoms with van der Waals surface area (Å²) >= 11 is 3.55. The first-order valence-electron chi connectivity index (χ1n) is 12.6. The number of fused-ring (bicyclic) bond motifs is 2. The highest BCUT2D eigenvalue weighted by Gasteiger charge is 2.54. The highest BCUT2D eigenvalue weighted by atomic mass is 32.2. The molecule has 0 unspecified atom stereocenters. The summed E-state index contributed by atoms with van der Waals surface area (Å²) in [5, 5.41) is 12.5.